The molecule has 1 fully saturated rings. The summed E-state index contributed by atoms with van der Waals surface area (Å²) in [4.78, 5) is 5.14. The van der Waals surface area contributed by atoms with E-state index in [2.05, 4.69) is 10.5 Å². The number of hydrogen-bond acceptors (Lipinski definition) is 3. The number of nitrogens with zero attached hydrogens (tertiary/aromatic N) is 1. The molecule has 0 aliphatic carbocycles. The van der Waals surface area contributed by atoms with Gasteiger partial charge in [-0.2, -0.15) is 0 Å². The van der Waals surface area contributed by atoms with Crippen LogP contribution in [-0.4, -0.2) is 25.4 Å². The summed E-state index contributed by atoms with van der Waals surface area (Å²) in [6.45, 7) is 3.92. The number of rotatable bonds is 2. The molecule has 0 aromatic carbocycles. The molecule has 1 saturated heterocycles. The third-order valence-electron chi connectivity index (χ3n) is 1.57. The van der Waals surface area contributed by atoms with Gasteiger partial charge in [-0.25, -0.2) is 0 Å². The Morgan fingerprint density at radius 1 is 1.70 bits per heavy atom. The molecule has 1 N–H and O–H groups in total. The van der Waals surface area contributed by atoms with Crippen molar-refractivity contribution in [3.63, 3.8) is 0 Å². The third-order valence-corrected chi connectivity index (χ3v) is 1.57. The van der Waals surface area contributed by atoms with Gasteiger partial charge >= 0.3 is 0 Å². The van der Waals surface area contributed by atoms with Gasteiger partial charge in [-0.15, -0.1) is 0 Å². The molecular formula is C7H14N2O. The summed E-state index contributed by atoms with van der Waals surface area (Å²) in [7, 11) is 0. The van der Waals surface area contributed by atoms with Crippen molar-refractivity contribution in [2.45, 2.75) is 25.9 Å². The molecule has 1 rings (SSSR count). The number of hydrogen-bond donors (Lipinski definition) is 1. The van der Waals surface area contributed by atoms with Crippen molar-refractivity contribution in [3.8, 4) is 0 Å². The van der Waals surface area contributed by atoms with Crippen molar-refractivity contribution in [1.82, 2.24) is 5.32 Å². The second-order valence-corrected chi connectivity index (χ2v) is 2.44. The maximum atomic E-state index is 5.14. The molecule has 0 radical (unpaired) electrons. The molecule has 0 amide bonds. The number of piperidine rings is 1. The highest BCUT2D eigenvalue weighted by atomic mass is 16.6. The van der Waals surface area contributed by atoms with E-state index in [1.54, 1.807) is 6.21 Å². The first-order chi connectivity index (χ1) is 4.93. The largest absolute Gasteiger partial charge is 0.391 e. The highest BCUT2D eigenvalue weighted by Gasteiger charge is 2.12. The van der Waals surface area contributed by atoms with Gasteiger partial charge in [0.05, 0.1) is 0 Å². The van der Waals surface area contributed by atoms with E-state index in [0.717, 1.165) is 19.5 Å². The molecule has 10 heavy (non-hydrogen) atoms. The second kappa shape index (κ2) is 4.28. The lowest BCUT2D eigenvalue weighted by molar-refractivity contribution is 0.0428. The zero-order valence-corrected chi connectivity index (χ0v) is 6.34. The van der Waals surface area contributed by atoms with Crippen LogP contribution in [0, 0.1) is 0 Å². The van der Waals surface area contributed by atoms with E-state index in [1.165, 1.54) is 6.42 Å². The summed E-state index contributed by atoms with van der Waals surface area (Å²) in [5.74, 6) is 0. The predicted molar refractivity (Wildman–Crippen MR) is 41.1 cm³/mol. The van der Waals surface area contributed by atoms with Gasteiger partial charge in [-0.05, 0) is 26.3 Å². The van der Waals surface area contributed by atoms with E-state index in [0.29, 0.717) is 6.10 Å². The Labute approximate surface area is 61.4 Å². The molecule has 58 valence electrons. The highest BCUT2D eigenvalue weighted by molar-refractivity contribution is 5.52. The Kier molecular flexibility index (Phi) is 3.22. The van der Waals surface area contributed by atoms with Gasteiger partial charge in [0.1, 0.15) is 6.10 Å². The average molecular weight is 142 g/mol. The minimum atomic E-state index is 0.296. The first kappa shape index (κ1) is 7.54. The molecule has 0 aromatic rings. The first-order valence-electron chi connectivity index (χ1n) is 3.78. The van der Waals surface area contributed by atoms with Gasteiger partial charge in [0.2, 0.25) is 0 Å². The van der Waals surface area contributed by atoms with E-state index >= 15 is 0 Å². The van der Waals surface area contributed by atoms with Crippen LogP contribution in [0.5, 0.6) is 0 Å². The van der Waals surface area contributed by atoms with E-state index in [1.807, 2.05) is 6.92 Å². The van der Waals surface area contributed by atoms with Gasteiger partial charge in [-0.1, -0.05) is 5.16 Å². The van der Waals surface area contributed by atoms with Crippen molar-refractivity contribution >= 4 is 6.21 Å². The molecule has 1 aliphatic rings. The normalized spacial score (nSPS) is 27.1. The summed E-state index contributed by atoms with van der Waals surface area (Å²) in [6, 6.07) is 0. The van der Waals surface area contributed by atoms with Gasteiger partial charge in [0.15, 0.2) is 0 Å². The van der Waals surface area contributed by atoms with E-state index < -0.39 is 0 Å². The van der Waals surface area contributed by atoms with Gasteiger partial charge in [-0.3, -0.25) is 0 Å². The highest BCUT2D eigenvalue weighted by Crippen LogP contribution is 2.05. The lowest BCUT2D eigenvalue weighted by atomic mass is 10.1. The van der Waals surface area contributed by atoms with Crippen LogP contribution in [0.15, 0.2) is 5.16 Å². The van der Waals surface area contributed by atoms with Crippen molar-refractivity contribution in [1.29, 1.82) is 0 Å². The lowest BCUT2D eigenvalue weighted by Gasteiger charge is -2.20. The molecule has 3 nitrogen and oxygen atoms in total. The van der Waals surface area contributed by atoms with Crippen LogP contribution >= 0.6 is 0 Å². The topological polar surface area (TPSA) is 33.6 Å². The summed E-state index contributed by atoms with van der Waals surface area (Å²) >= 11 is 0. The summed E-state index contributed by atoms with van der Waals surface area (Å²) < 4.78 is 0. The Morgan fingerprint density at radius 3 is 3.20 bits per heavy atom. The zero-order chi connectivity index (χ0) is 7.23. The van der Waals surface area contributed by atoms with Crippen LogP contribution in [-0.2, 0) is 4.84 Å². The van der Waals surface area contributed by atoms with Crippen LogP contribution in [0.4, 0.5) is 0 Å². The predicted octanol–water partition coefficient (Wildman–Crippen LogP) is 0.761. The van der Waals surface area contributed by atoms with Crippen LogP contribution < -0.4 is 5.32 Å². The van der Waals surface area contributed by atoms with Crippen molar-refractivity contribution in [2.24, 2.45) is 5.16 Å². The maximum Gasteiger partial charge on any atom is 0.139 e. The van der Waals surface area contributed by atoms with Crippen LogP contribution in [0.3, 0.4) is 0 Å². The Morgan fingerprint density at radius 2 is 2.60 bits per heavy atom. The molecule has 0 aromatic heterocycles. The van der Waals surface area contributed by atoms with Gasteiger partial charge < -0.3 is 10.2 Å². The monoisotopic (exact) mass is 142 g/mol. The minimum absolute atomic E-state index is 0.296. The second-order valence-electron chi connectivity index (χ2n) is 2.44. The smallest absolute Gasteiger partial charge is 0.139 e. The zero-order valence-electron chi connectivity index (χ0n) is 6.34. The fourth-order valence-electron chi connectivity index (χ4n) is 1.06. The third kappa shape index (κ3) is 2.35. The molecule has 1 atom stereocenters. The number of oxime groups is 1. The molecule has 0 bridgehead atoms. The SMILES string of the molecule is C/C=N/OC1CCCNC1. The van der Waals surface area contributed by atoms with E-state index in [-0.39, 0.29) is 0 Å². The molecule has 0 spiro atoms. The van der Waals surface area contributed by atoms with Crippen LogP contribution in [0.25, 0.3) is 0 Å². The molecule has 0 saturated carbocycles. The van der Waals surface area contributed by atoms with Crippen molar-refractivity contribution in [2.75, 3.05) is 13.1 Å². The van der Waals surface area contributed by atoms with Crippen molar-refractivity contribution in [3.05, 3.63) is 0 Å². The quantitative estimate of drug-likeness (QED) is 0.456. The van der Waals surface area contributed by atoms with Crippen molar-refractivity contribution < 1.29 is 4.84 Å². The maximum absolute atomic E-state index is 5.14. The fraction of sp³-hybridized carbons (Fsp3) is 0.857. The van der Waals surface area contributed by atoms with Gasteiger partial charge in [0, 0.05) is 12.8 Å². The molecule has 1 heterocycles. The lowest BCUT2D eigenvalue weighted by Crippen LogP contribution is -2.34. The summed E-state index contributed by atoms with van der Waals surface area (Å²) in [6.07, 6.45) is 4.30. The van der Waals surface area contributed by atoms with E-state index in [4.69, 9.17) is 4.84 Å². The Hall–Kier alpha value is -0.570. The fourth-order valence-corrected chi connectivity index (χ4v) is 1.06. The molecule has 3 heteroatoms. The first-order valence-corrected chi connectivity index (χ1v) is 3.78. The molecular weight excluding hydrogens is 128 g/mol. The Balaban J connectivity index is 2.13. The standard InChI is InChI=1S/C7H14N2O/c1-2-9-10-7-4-3-5-8-6-7/h2,7-8H,3-6H2,1H3/b9-2+. The van der Waals surface area contributed by atoms with E-state index in [9.17, 15) is 0 Å². The summed E-state index contributed by atoms with van der Waals surface area (Å²) in [5, 5.41) is 6.98. The minimum Gasteiger partial charge on any atom is -0.391 e. The number of nitrogens with one attached hydrogen (secondary N) is 1. The molecule has 1 aliphatic heterocycles. The van der Waals surface area contributed by atoms with Gasteiger partial charge in [0.25, 0.3) is 0 Å². The average Bonchev–Trinajstić information content (AvgIpc) is 2.03. The Bertz CT molecular complexity index is 108. The molecule has 1 unspecified atom stereocenters. The summed E-state index contributed by atoms with van der Waals surface area (Å²) in [5.41, 5.74) is 0. The van der Waals surface area contributed by atoms with Crippen LogP contribution in [0.1, 0.15) is 19.8 Å². The van der Waals surface area contributed by atoms with Crippen LogP contribution in [0.2, 0.25) is 0 Å².